The second kappa shape index (κ2) is 7.27. The van der Waals surface area contributed by atoms with E-state index < -0.39 is 46.2 Å². The summed E-state index contributed by atoms with van der Waals surface area (Å²) in [7, 11) is -4.90. The van der Waals surface area contributed by atoms with Gasteiger partial charge in [-0.3, -0.25) is 9.35 Å². The van der Waals surface area contributed by atoms with Crippen molar-refractivity contribution in [2.75, 3.05) is 6.54 Å². The van der Waals surface area contributed by atoms with Gasteiger partial charge in [0.1, 0.15) is 5.84 Å². The minimum Gasteiger partial charge on any atom is -0.385 e. The molecule has 0 unspecified atom stereocenters. The van der Waals surface area contributed by atoms with Crippen LogP contribution in [0.1, 0.15) is 28.8 Å². The van der Waals surface area contributed by atoms with Crippen LogP contribution in [0.5, 0.6) is 0 Å². The molecule has 3 rings (SSSR count). The molecule has 2 aliphatic rings. The molecule has 10 nitrogen and oxygen atoms in total. The van der Waals surface area contributed by atoms with E-state index in [2.05, 4.69) is 9.28 Å². The average Bonchev–Trinajstić information content (AvgIpc) is 2.84. The van der Waals surface area contributed by atoms with Crippen LogP contribution in [0.3, 0.4) is 0 Å². The quantitative estimate of drug-likeness (QED) is 0.410. The second-order valence-corrected chi connectivity index (χ2v) is 7.43. The molecule has 14 heteroatoms. The Bertz CT molecular complexity index is 963. The van der Waals surface area contributed by atoms with Crippen LogP contribution in [0.25, 0.3) is 0 Å². The number of hydroxylamine groups is 2. The molecule has 0 saturated carbocycles. The average molecular weight is 436 g/mol. The van der Waals surface area contributed by atoms with E-state index in [1.807, 2.05) is 0 Å². The maximum Gasteiger partial charge on any atom is 0.418 e. The van der Waals surface area contributed by atoms with E-state index in [1.54, 1.807) is 0 Å². The highest BCUT2D eigenvalue weighted by molar-refractivity contribution is 7.80. The fourth-order valence-corrected chi connectivity index (χ4v) is 3.59. The summed E-state index contributed by atoms with van der Waals surface area (Å²) in [6.07, 6.45) is -4.06. The van der Waals surface area contributed by atoms with E-state index in [1.165, 1.54) is 0 Å². The fraction of sp³-hybridized carbons (Fsp3) is 0.400. The van der Waals surface area contributed by atoms with Gasteiger partial charge in [-0.1, -0.05) is 0 Å². The van der Waals surface area contributed by atoms with Crippen molar-refractivity contribution < 1.29 is 40.0 Å². The Hall–Kier alpha value is -2.71. The number of carbonyl (C=O) groups excluding carboxylic acids is 2. The summed E-state index contributed by atoms with van der Waals surface area (Å²) in [6, 6.07) is 1.03. The molecule has 0 radical (unpaired) electrons. The molecule has 1 aromatic carbocycles. The minimum absolute atomic E-state index is 0.0315. The number of benzene rings is 1. The second-order valence-electron chi connectivity index (χ2n) is 6.43. The fourth-order valence-electron chi connectivity index (χ4n) is 3.20. The summed E-state index contributed by atoms with van der Waals surface area (Å²) in [4.78, 5) is 29.3. The zero-order valence-electron chi connectivity index (χ0n) is 14.5. The van der Waals surface area contributed by atoms with Crippen molar-refractivity contribution in [3.63, 3.8) is 0 Å². The topological polar surface area (TPSA) is 143 Å². The number of aliphatic imine (C=N–C) groups is 1. The molecule has 2 heterocycles. The molecule has 2 saturated heterocycles. The Morgan fingerprint density at radius 2 is 1.86 bits per heavy atom. The molecule has 0 spiro atoms. The first-order chi connectivity index (χ1) is 13.4. The Balaban J connectivity index is 1.75. The number of amidine groups is 1. The molecule has 3 amide bonds. The summed E-state index contributed by atoms with van der Waals surface area (Å²) in [6.45, 7) is 0.0315. The number of carbonyl (C=O) groups is 2. The lowest BCUT2D eigenvalue weighted by atomic mass is 10.00. The van der Waals surface area contributed by atoms with Gasteiger partial charge in [-0.05, 0) is 37.1 Å². The van der Waals surface area contributed by atoms with Gasteiger partial charge in [-0.2, -0.15) is 31.6 Å². The van der Waals surface area contributed by atoms with Crippen LogP contribution in [-0.2, 0) is 20.9 Å². The van der Waals surface area contributed by atoms with Gasteiger partial charge in [0.2, 0.25) is 0 Å². The van der Waals surface area contributed by atoms with Crippen molar-refractivity contribution >= 4 is 28.2 Å². The van der Waals surface area contributed by atoms with E-state index in [0.29, 0.717) is 5.06 Å². The first-order valence-corrected chi connectivity index (χ1v) is 9.56. The third-order valence-electron chi connectivity index (χ3n) is 4.53. The number of rotatable bonds is 4. The molecule has 3 N–H and O–H groups in total. The molecular weight excluding hydrogens is 421 g/mol. The van der Waals surface area contributed by atoms with Crippen LogP contribution < -0.4 is 5.73 Å². The Morgan fingerprint density at radius 3 is 2.41 bits per heavy atom. The predicted molar refractivity (Wildman–Crippen MR) is 90.8 cm³/mol. The van der Waals surface area contributed by atoms with Crippen molar-refractivity contribution in [3.05, 3.63) is 35.4 Å². The third kappa shape index (κ3) is 4.49. The number of hydrogen-bond donors (Lipinski definition) is 2. The monoisotopic (exact) mass is 436 g/mol. The highest BCUT2D eigenvalue weighted by Gasteiger charge is 2.48. The summed E-state index contributed by atoms with van der Waals surface area (Å²) in [5.74, 6) is -1.15. The van der Waals surface area contributed by atoms with Crippen molar-refractivity contribution in [2.45, 2.75) is 31.1 Å². The van der Waals surface area contributed by atoms with Crippen LogP contribution in [0.4, 0.5) is 18.0 Å². The molecule has 0 aliphatic carbocycles. The molecule has 2 bridgehead atoms. The van der Waals surface area contributed by atoms with Crippen molar-refractivity contribution in [2.24, 2.45) is 10.7 Å². The van der Waals surface area contributed by atoms with Crippen molar-refractivity contribution in [3.8, 4) is 0 Å². The molecule has 1 aromatic rings. The van der Waals surface area contributed by atoms with Crippen LogP contribution in [0.15, 0.2) is 29.3 Å². The normalized spacial score (nSPS) is 22.9. The number of fused-ring (bicyclic) bond motifs is 2. The molecular formula is C15H15F3N4O6S. The van der Waals surface area contributed by atoms with E-state index in [-0.39, 0.29) is 30.8 Å². The number of alkyl halides is 3. The van der Waals surface area contributed by atoms with Crippen molar-refractivity contribution in [1.29, 1.82) is 0 Å². The van der Waals surface area contributed by atoms with Crippen molar-refractivity contribution in [1.82, 2.24) is 9.96 Å². The lowest BCUT2D eigenvalue weighted by Crippen LogP contribution is -2.48. The highest BCUT2D eigenvalue weighted by atomic mass is 32.3. The van der Waals surface area contributed by atoms with Gasteiger partial charge < -0.3 is 10.6 Å². The van der Waals surface area contributed by atoms with Gasteiger partial charge in [0.05, 0.1) is 17.6 Å². The summed E-state index contributed by atoms with van der Waals surface area (Å²) >= 11 is 0. The van der Waals surface area contributed by atoms with Gasteiger partial charge in [0.25, 0.3) is 5.91 Å². The van der Waals surface area contributed by atoms with Gasteiger partial charge in [0.15, 0.2) is 0 Å². The summed E-state index contributed by atoms with van der Waals surface area (Å²) in [5.41, 5.74) is 4.78. The molecule has 0 aromatic heterocycles. The van der Waals surface area contributed by atoms with Gasteiger partial charge >= 0.3 is 22.6 Å². The summed E-state index contributed by atoms with van der Waals surface area (Å²) in [5, 5.41) is 0.514. The van der Waals surface area contributed by atoms with Crippen LogP contribution >= 0.6 is 0 Å². The highest BCUT2D eigenvalue weighted by Crippen LogP contribution is 2.31. The molecule has 29 heavy (non-hydrogen) atoms. The predicted octanol–water partition coefficient (Wildman–Crippen LogP) is 1.21. The molecule has 2 aliphatic heterocycles. The smallest absolute Gasteiger partial charge is 0.385 e. The van der Waals surface area contributed by atoms with E-state index >= 15 is 0 Å². The third-order valence-corrected chi connectivity index (χ3v) is 4.88. The largest absolute Gasteiger partial charge is 0.418 e. The Kier molecular flexibility index (Phi) is 5.27. The lowest BCUT2D eigenvalue weighted by Gasteiger charge is -2.29. The number of piperidine rings is 1. The standard InChI is InChI=1S/C15H15F3N4O6S/c16-15(17,18)9-3-1-8(2-4-9)13(23)20-12(19)11-6-5-10-7-21(11)14(24)22(10)28-29(25,26)27/h1-4,10-11H,5-7H2,(H2,19,20,23)(H,25,26,27)/t10-,11+/m1/s1. The number of amides is 3. The van der Waals surface area contributed by atoms with Crippen LogP contribution in [0.2, 0.25) is 0 Å². The molecule has 158 valence electrons. The van der Waals surface area contributed by atoms with Crippen LogP contribution in [-0.4, -0.2) is 59.3 Å². The number of hydrogen-bond acceptors (Lipinski definition) is 5. The Labute approximate surface area is 162 Å². The van der Waals surface area contributed by atoms with E-state index in [9.17, 15) is 31.2 Å². The summed E-state index contributed by atoms with van der Waals surface area (Å²) < 4.78 is 72.6. The number of halogens is 3. The van der Waals surface area contributed by atoms with Crippen LogP contribution in [0, 0.1) is 0 Å². The zero-order valence-corrected chi connectivity index (χ0v) is 15.4. The van der Waals surface area contributed by atoms with Gasteiger partial charge in [-0.15, -0.1) is 4.28 Å². The zero-order chi connectivity index (χ0) is 21.6. The number of nitrogens with zero attached hydrogens (tertiary/aromatic N) is 3. The minimum atomic E-state index is -4.90. The van der Waals surface area contributed by atoms with Gasteiger partial charge in [-0.25, -0.2) is 4.79 Å². The Morgan fingerprint density at radius 1 is 1.24 bits per heavy atom. The maximum atomic E-state index is 12.6. The maximum absolute atomic E-state index is 12.6. The van der Waals surface area contributed by atoms with Gasteiger partial charge in [0, 0.05) is 12.1 Å². The number of nitrogens with two attached hydrogens (primary N) is 1. The molecule has 2 atom stereocenters. The molecule has 2 fully saturated rings. The van der Waals surface area contributed by atoms with E-state index in [4.69, 9.17) is 10.3 Å². The first-order valence-electron chi connectivity index (χ1n) is 8.19. The first kappa shape index (κ1) is 21.0. The lowest BCUT2D eigenvalue weighted by molar-refractivity contribution is -0.137. The SMILES string of the molecule is NC(=NC(=O)c1ccc(C(F)(F)F)cc1)[C@@H]1CC[C@@H]2CN1C(=O)N2OS(=O)(=O)O. The number of urea groups is 1. The van der Waals surface area contributed by atoms with E-state index in [0.717, 1.165) is 29.2 Å².